The number of urea groups is 1. The standard InChI is InChI=1S/C28H30F3N5O5S/c1-16-14-22(24(37)35(4)26(32)39)18(3)17(2)21(16)8-13-42(40,41)36-11-9-27(10-12-36)25(38)33-23(34-27)19-6-5-7-20(15-19)28(29,30)31/h5-8,13-15H,9-12H2,1-4H3,(H2,32,39)(H,33,34,38)/b13-8+. The van der Waals surface area contributed by atoms with Gasteiger partial charge in [0.1, 0.15) is 11.4 Å². The molecule has 2 aromatic rings. The monoisotopic (exact) mass is 605 g/mol. The van der Waals surface area contributed by atoms with E-state index in [0.717, 1.165) is 22.4 Å². The maximum atomic E-state index is 13.2. The second kappa shape index (κ2) is 11.0. The normalized spacial score (nSPS) is 17.4. The smallest absolute Gasteiger partial charge is 0.351 e. The van der Waals surface area contributed by atoms with Crippen molar-refractivity contribution in [1.82, 2.24) is 14.5 Å². The lowest BCUT2D eigenvalue weighted by atomic mass is 9.89. The Morgan fingerprint density at radius 2 is 1.76 bits per heavy atom. The Hall–Kier alpha value is -4.04. The lowest BCUT2D eigenvalue weighted by molar-refractivity contribution is -0.137. The zero-order chi connectivity index (χ0) is 31.2. The number of sulfonamides is 1. The molecule has 4 rings (SSSR count). The van der Waals surface area contributed by atoms with Crippen LogP contribution in [0.2, 0.25) is 0 Å². The molecule has 0 radical (unpaired) electrons. The van der Waals surface area contributed by atoms with Crippen LogP contribution in [0.1, 0.15) is 56.6 Å². The number of aliphatic imine (C=N–C) groups is 1. The molecule has 2 aliphatic rings. The molecule has 0 atom stereocenters. The minimum Gasteiger partial charge on any atom is -0.351 e. The number of benzene rings is 2. The van der Waals surface area contributed by atoms with Gasteiger partial charge < -0.3 is 11.1 Å². The van der Waals surface area contributed by atoms with Gasteiger partial charge >= 0.3 is 12.2 Å². The predicted molar refractivity (Wildman–Crippen MR) is 150 cm³/mol. The molecule has 14 heteroatoms. The number of imide groups is 1. The van der Waals surface area contributed by atoms with Crippen molar-refractivity contribution < 1.29 is 36.0 Å². The van der Waals surface area contributed by atoms with Gasteiger partial charge in [-0.2, -0.15) is 17.5 Å². The second-order valence-corrected chi connectivity index (χ2v) is 12.2. The van der Waals surface area contributed by atoms with Crippen molar-refractivity contribution in [3.05, 3.63) is 74.7 Å². The SMILES string of the molecule is Cc1cc(C(=O)N(C)C(N)=O)c(C)c(C)c1/C=C/S(=O)(=O)N1CCC2(CC1)N=C(c1cccc(C(F)(F)F)c1)NC2=O. The number of carbonyl (C=O) groups is 3. The second-order valence-electron chi connectivity index (χ2n) is 10.4. The molecule has 2 aromatic carbocycles. The Morgan fingerprint density at radius 1 is 1.12 bits per heavy atom. The predicted octanol–water partition coefficient (Wildman–Crippen LogP) is 3.49. The van der Waals surface area contributed by atoms with Crippen molar-refractivity contribution >= 4 is 39.8 Å². The quantitative estimate of drug-likeness (QED) is 0.537. The third-order valence-electron chi connectivity index (χ3n) is 7.78. The van der Waals surface area contributed by atoms with E-state index in [1.807, 2.05) is 0 Å². The summed E-state index contributed by atoms with van der Waals surface area (Å²) >= 11 is 0. The molecule has 0 bridgehead atoms. The zero-order valence-electron chi connectivity index (χ0n) is 23.4. The number of rotatable bonds is 5. The lowest BCUT2D eigenvalue weighted by Gasteiger charge is -2.34. The van der Waals surface area contributed by atoms with Gasteiger partial charge in [0, 0.05) is 36.7 Å². The van der Waals surface area contributed by atoms with Crippen LogP contribution in [0.3, 0.4) is 0 Å². The Labute approximate surface area is 241 Å². The van der Waals surface area contributed by atoms with Crippen molar-refractivity contribution in [2.45, 2.75) is 45.3 Å². The minimum absolute atomic E-state index is 0.0209. The Kier molecular flexibility index (Phi) is 8.08. The average Bonchev–Trinajstić information content (AvgIpc) is 3.24. The molecule has 1 saturated heterocycles. The number of hydrogen-bond donors (Lipinski definition) is 2. The van der Waals surface area contributed by atoms with E-state index in [0.29, 0.717) is 22.3 Å². The number of amides is 4. The topological polar surface area (TPSA) is 142 Å². The molecular weight excluding hydrogens is 575 g/mol. The van der Waals surface area contributed by atoms with E-state index >= 15 is 0 Å². The zero-order valence-corrected chi connectivity index (χ0v) is 24.2. The molecule has 4 amide bonds. The molecular formula is C28H30F3N5O5S. The number of nitrogens with zero attached hydrogens (tertiary/aromatic N) is 3. The van der Waals surface area contributed by atoms with E-state index in [-0.39, 0.29) is 42.9 Å². The Bertz CT molecular complexity index is 1640. The van der Waals surface area contributed by atoms with Gasteiger partial charge in [-0.15, -0.1) is 0 Å². The van der Waals surface area contributed by atoms with E-state index in [4.69, 9.17) is 5.73 Å². The van der Waals surface area contributed by atoms with Crippen molar-refractivity contribution in [3.8, 4) is 0 Å². The highest BCUT2D eigenvalue weighted by Gasteiger charge is 2.47. The van der Waals surface area contributed by atoms with Gasteiger partial charge in [-0.1, -0.05) is 12.1 Å². The Morgan fingerprint density at radius 3 is 2.36 bits per heavy atom. The van der Waals surface area contributed by atoms with Gasteiger partial charge in [0.15, 0.2) is 0 Å². The molecule has 2 aliphatic heterocycles. The van der Waals surface area contributed by atoms with Crippen LogP contribution in [-0.2, 0) is 21.0 Å². The fraction of sp³-hybridized carbons (Fsp3) is 0.357. The van der Waals surface area contributed by atoms with Gasteiger partial charge in [-0.05, 0) is 80.1 Å². The number of hydrogen-bond acceptors (Lipinski definition) is 6. The summed E-state index contributed by atoms with van der Waals surface area (Å²) in [7, 11) is -2.65. The molecule has 1 spiro atoms. The number of amidine groups is 1. The number of primary amides is 1. The molecule has 10 nitrogen and oxygen atoms in total. The molecule has 0 unspecified atom stereocenters. The highest BCUT2D eigenvalue weighted by atomic mass is 32.2. The van der Waals surface area contributed by atoms with Crippen LogP contribution >= 0.6 is 0 Å². The van der Waals surface area contributed by atoms with Gasteiger partial charge in [0.05, 0.1) is 5.56 Å². The van der Waals surface area contributed by atoms with E-state index < -0.39 is 45.1 Å². The number of nitrogens with one attached hydrogen (secondary N) is 1. The van der Waals surface area contributed by atoms with Crippen molar-refractivity contribution in [1.29, 1.82) is 0 Å². The summed E-state index contributed by atoms with van der Waals surface area (Å²) in [6, 6.07) is 5.15. The summed E-state index contributed by atoms with van der Waals surface area (Å²) < 4.78 is 67.0. The van der Waals surface area contributed by atoms with Gasteiger partial charge in [0.25, 0.3) is 11.8 Å². The first-order valence-electron chi connectivity index (χ1n) is 12.9. The molecule has 3 N–H and O–H groups in total. The first kappa shape index (κ1) is 30.9. The van der Waals surface area contributed by atoms with Crippen LogP contribution in [0.5, 0.6) is 0 Å². The summed E-state index contributed by atoms with van der Waals surface area (Å²) in [4.78, 5) is 42.2. The summed E-state index contributed by atoms with van der Waals surface area (Å²) in [5, 5.41) is 3.62. The largest absolute Gasteiger partial charge is 0.416 e. The van der Waals surface area contributed by atoms with Gasteiger partial charge in [-0.3, -0.25) is 19.5 Å². The van der Waals surface area contributed by atoms with E-state index in [1.54, 1.807) is 26.8 Å². The number of halogens is 3. The number of nitrogens with two attached hydrogens (primary N) is 1. The Balaban J connectivity index is 1.51. The summed E-state index contributed by atoms with van der Waals surface area (Å²) in [6.45, 7) is 5.09. The van der Waals surface area contributed by atoms with Crippen LogP contribution < -0.4 is 11.1 Å². The van der Waals surface area contributed by atoms with Crippen LogP contribution in [0.4, 0.5) is 18.0 Å². The van der Waals surface area contributed by atoms with Crippen LogP contribution in [0.15, 0.2) is 40.7 Å². The maximum absolute atomic E-state index is 13.2. The summed E-state index contributed by atoms with van der Waals surface area (Å²) in [6.07, 6.45) is -3.01. The first-order valence-corrected chi connectivity index (χ1v) is 14.4. The van der Waals surface area contributed by atoms with E-state index in [9.17, 15) is 36.0 Å². The average molecular weight is 606 g/mol. The number of alkyl halides is 3. The third-order valence-corrected chi connectivity index (χ3v) is 9.35. The summed E-state index contributed by atoms with van der Waals surface area (Å²) in [5.74, 6) is -1.04. The van der Waals surface area contributed by atoms with Gasteiger partial charge in [0.2, 0.25) is 10.0 Å². The number of carbonyl (C=O) groups excluding carboxylic acids is 3. The minimum atomic E-state index is -4.55. The molecule has 0 aliphatic carbocycles. The molecule has 42 heavy (non-hydrogen) atoms. The first-order chi connectivity index (χ1) is 19.5. The van der Waals surface area contributed by atoms with Crippen LogP contribution in [-0.4, -0.2) is 67.0 Å². The van der Waals surface area contributed by atoms with E-state index in [1.165, 1.54) is 29.6 Å². The van der Waals surface area contributed by atoms with Crippen LogP contribution in [0, 0.1) is 20.8 Å². The fourth-order valence-corrected chi connectivity index (χ4v) is 6.22. The summed E-state index contributed by atoms with van der Waals surface area (Å²) in [5.41, 5.74) is 5.88. The fourth-order valence-electron chi connectivity index (χ4n) is 5.05. The highest BCUT2D eigenvalue weighted by Crippen LogP contribution is 2.34. The van der Waals surface area contributed by atoms with Gasteiger partial charge in [-0.25, -0.2) is 13.2 Å². The van der Waals surface area contributed by atoms with Crippen LogP contribution in [0.25, 0.3) is 6.08 Å². The van der Waals surface area contributed by atoms with Crippen molar-refractivity contribution in [2.24, 2.45) is 10.7 Å². The van der Waals surface area contributed by atoms with E-state index in [2.05, 4.69) is 10.3 Å². The molecule has 1 fully saturated rings. The molecule has 2 heterocycles. The maximum Gasteiger partial charge on any atom is 0.416 e. The van der Waals surface area contributed by atoms with Crippen molar-refractivity contribution in [2.75, 3.05) is 20.1 Å². The number of piperidine rings is 1. The third kappa shape index (κ3) is 5.81. The van der Waals surface area contributed by atoms with Crippen molar-refractivity contribution in [3.63, 3.8) is 0 Å². The lowest BCUT2D eigenvalue weighted by Crippen LogP contribution is -2.50. The molecule has 224 valence electrons. The molecule has 0 aromatic heterocycles. The molecule has 0 saturated carbocycles. The highest BCUT2D eigenvalue weighted by molar-refractivity contribution is 7.92. The number of aryl methyl sites for hydroxylation is 1.